The Bertz CT molecular complexity index is 62.7. The Morgan fingerprint density at radius 3 is 2.75 bits per heavy atom. The van der Waals surface area contributed by atoms with E-state index in [0.29, 0.717) is 6.54 Å². The summed E-state index contributed by atoms with van der Waals surface area (Å²) in [5.74, 6) is 0. The Morgan fingerprint density at radius 2 is 2.38 bits per heavy atom. The molecule has 0 aliphatic carbocycles. The molecule has 0 aromatic carbocycles. The Labute approximate surface area is 49.7 Å². The zero-order valence-electron chi connectivity index (χ0n) is 4.93. The van der Waals surface area contributed by atoms with E-state index in [9.17, 15) is 0 Å². The van der Waals surface area contributed by atoms with E-state index in [1.807, 2.05) is 0 Å². The lowest BCUT2D eigenvalue weighted by atomic mass is 10.5. The monoisotopic (exact) mass is 115 g/mol. The van der Waals surface area contributed by atoms with Crippen molar-refractivity contribution < 1.29 is 0 Å². The quantitative estimate of drug-likeness (QED) is 0.325. The average Bonchev–Trinajstić information content (AvgIpc) is 1.83. The highest BCUT2D eigenvalue weighted by Crippen LogP contribution is 1.64. The summed E-state index contributed by atoms with van der Waals surface area (Å²) >= 11 is 0. The molecule has 3 heteroatoms. The predicted octanol–water partition coefficient (Wildman–Crippen LogP) is -0.994. The van der Waals surface area contributed by atoms with Gasteiger partial charge in [-0.3, -0.25) is 5.32 Å². The maximum atomic E-state index is 5.38. The van der Waals surface area contributed by atoms with E-state index in [1.54, 1.807) is 6.08 Å². The van der Waals surface area contributed by atoms with Crippen LogP contribution >= 0.6 is 0 Å². The van der Waals surface area contributed by atoms with Crippen molar-refractivity contribution in [3.05, 3.63) is 12.7 Å². The molecule has 0 amide bonds. The standard InChI is InChI=1S/C5H13N3/c1-2-3-8-5(7)4-6/h2,5,8H,1,3-4,6-7H2. The third-order valence-electron chi connectivity index (χ3n) is 0.778. The van der Waals surface area contributed by atoms with Crippen LogP contribution in [0.1, 0.15) is 0 Å². The van der Waals surface area contributed by atoms with Gasteiger partial charge >= 0.3 is 0 Å². The molecular formula is C5H13N3. The normalized spacial score (nSPS) is 13.2. The van der Waals surface area contributed by atoms with Crippen LogP contribution in [0.3, 0.4) is 0 Å². The summed E-state index contributed by atoms with van der Waals surface area (Å²) in [6, 6.07) is 0. The fraction of sp³-hybridized carbons (Fsp3) is 0.600. The number of hydrogen-bond donors (Lipinski definition) is 3. The summed E-state index contributed by atoms with van der Waals surface area (Å²) in [7, 11) is 0. The minimum Gasteiger partial charge on any atom is -0.328 e. The van der Waals surface area contributed by atoms with Crippen molar-refractivity contribution in [3.63, 3.8) is 0 Å². The van der Waals surface area contributed by atoms with Crippen molar-refractivity contribution in [2.24, 2.45) is 11.5 Å². The smallest absolute Gasteiger partial charge is 0.0675 e. The Kier molecular flexibility index (Phi) is 4.54. The molecule has 0 radical (unpaired) electrons. The third-order valence-corrected chi connectivity index (χ3v) is 0.778. The lowest BCUT2D eigenvalue weighted by Gasteiger charge is -2.07. The molecule has 0 aliphatic rings. The van der Waals surface area contributed by atoms with Gasteiger partial charge in [0.05, 0.1) is 6.17 Å². The van der Waals surface area contributed by atoms with E-state index in [0.717, 1.165) is 6.54 Å². The molecule has 0 saturated carbocycles. The van der Waals surface area contributed by atoms with Crippen LogP contribution in [0.4, 0.5) is 0 Å². The molecule has 48 valence electrons. The third kappa shape index (κ3) is 3.80. The molecule has 1 unspecified atom stereocenters. The first kappa shape index (κ1) is 7.62. The van der Waals surface area contributed by atoms with Gasteiger partial charge in [-0.15, -0.1) is 6.58 Å². The predicted molar refractivity (Wildman–Crippen MR) is 35.2 cm³/mol. The molecule has 0 saturated heterocycles. The van der Waals surface area contributed by atoms with Crippen molar-refractivity contribution in [2.45, 2.75) is 6.17 Å². The lowest BCUT2D eigenvalue weighted by molar-refractivity contribution is 0.569. The van der Waals surface area contributed by atoms with Gasteiger partial charge in [0.1, 0.15) is 0 Å². The molecule has 0 heterocycles. The van der Waals surface area contributed by atoms with Gasteiger partial charge < -0.3 is 11.5 Å². The van der Waals surface area contributed by atoms with Crippen LogP contribution in [0.5, 0.6) is 0 Å². The highest BCUT2D eigenvalue weighted by atomic mass is 15.0. The van der Waals surface area contributed by atoms with Crippen LogP contribution in [-0.4, -0.2) is 19.3 Å². The summed E-state index contributed by atoms with van der Waals surface area (Å²) in [5.41, 5.74) is 10.6. The summed E-state index contributed by atoms with van der Waals surface area (Å²) in [6.07, 6.45) is 1.66. The molecule has 3 nitrogen and oxygen atoms in total. The van der Waals surface area contributed by atoms with E-state index in [4.69, 9.17) is 11.5 Å². The molecule has 0 spiro atoms. The second-order valence-corrected chi connectivity index (χ2v) is 1.54. The molecule has 0 rings (SSSR count). The van der Waals surface area contributed by atoms with E-state index in [-0.39, 0.29) is 6.17 Å². The highest BCUT2D eigenvalue weighted by molar-refractivity contribution is 4.72. The summed E-state index contributed by atoms with van der Waals surface area (Å²) < 4.78 is 0. The van der Waals surface area contributed by atoms with Crippen LogP contribution in [0.2, 0.25) is 0 Å². The molecule has 0 bridgehead atoms. The minimum absolute atomic E-state index is 0.0898. The fourth-order valence-electron chi connectivity index (χ4n) is 0.318. The Hall–Kier alpha value is -0.380. The van der Waals surface area contributed by atoms with Crippen LogP contribution in [-0.2, 0) is 0 Å². The molecule has 0 fully saturated rings. The largest absolute Gasteiger partial charge is 0.328 e. The van der Waals surface area contributed by atoms with Gasteiger partial charge in [-0.2, -0.15) is 0 Å². The molecule has 0 aromatic heterocycles. The van der Waals surface area contributed by atoms with Gasteiger partial charge in [-0.1, -0.05) is 6.08 Å². The van der Waals surface area contributed by atoms with E-state index in [2.05, 4.69) is 11.9 Å². The second-order valence-electron chi connectivity index (χ2n) is 1.54. The van der Waals surface area contributed by atoms with Gasteiger partial charge in [-0.05, 0) is 0 Å². The Balaban J connectivity index is 2.97. The van der Waals surface area contributed by atoms with Crippen LogP contribution in [0.15, 0.2) is 12.7 Å². The lowest BCUT2D eigenvalue weighted by Crippen LogP contribution is -2.43. The second kappa shape index (κ2) is 4.77. The maximum absolute atomic E-state index is 5.38. The maximum Gasteiger partial charge on any atom is 0.0675 e. The average molecular weight is 115 g/mol. The highest BCUT2D eigenvalue weighted by Gasteiger charge is 1.91. The minimum atomic E-state index is -0.0898. The SMILES string of the molecule is C=CCNC(N)CN. The number of hydrogen-bond acceptors (Lipinski definition) is 3. The van der Waals surface area contributed by atoms with Gasteiger partial charge in [0.15, 0.2) is 0 Å². The first-order valence-corrected chi connectivity index (χ1v) is 2.61. The topological polar surface area (TPSA) is 64.1 Å². The fourth-order valence-corrected chi connectivity index (χ4v) is 0.318. The van der Waals surface area contributed by atoms with Gasteiger partial charge in [0, 0.05) is 13.1 Å². The first-order valence-electron chi connectivity index (χ1n) is 2.61. The van der Waals surface area contributed by atoms with Crippen molar-refractivity contribution in [1.82, 2.24) is 5.32 Å². The molecule has 0 aliphatic heterocycles. The number of nitrogens with one attached hydrogen (secondary N) is 1. The van der Waals surface area contributed by atoms with Crippen LogP contribution in [0.25, 0.3) is 0 Å². The van der Waals surface area contributed by atoms with E-state index in [1.165, 1.54) is 0 Å². The molecule has 1 atom stereocenters. The van der Waals surface area contributed by atoms with Gasteiger partial charge in [0.25, 0.3) is 0 Å². The van der Waals surface area contributed by atoms with Gasteiger partial charge in [-0.25, -0.2) is 0 Å². The van der Waals surface area contributed by atoms with Crippen molar-refractivity contribution in [3.8, 4) is 0 Å². The van der Waals surface area contributed by atoms with E-state index < -0.39 is 0 Å². The van der Waals surface area contributed by atoms with Crippen LogP contribution < -0.4 is 16.8 Å². The molecule has 0 aromatic rings. The summed E-state index contributed by atoms with van der Waals surface area (Å²) in [4.78, 5) is 0. The summed E-state index contributed by atoms with van der Waals surface area (Å²) in [6.45, 7) is 4.69. The zero-order chi connectivity index (χ0) is 6.41. The molecule has 5 N–H and O–H groups in total. The first-order chi connectivity index (χ1) is 3.81. The number of rotatable bonds is 4. The summed E-state index contributed by atoms with van der Waals surface area (Å²) in [5, 5.41) is 2.92. The Morgan fingerprint density at radius 1 is 1.75 bits per heavy atom. The number of nitrogens with two attached hydrogens (primary N) is 2. The molecular weight excluding hydrogens is 102 g/mol. The van der Waals surface area contributed by atoms with Gasteiger partial charge in [0.2, 0.25) is 0 Å². The van der Waals surface area contributed by atoms with Crippen LogP contribution in [0, 0.1) is 0 Å². The van der Waals surface area contributed by atoms with Crippen molar-refractivity contribution in [2.75, 3.05) is 13.1 Å². The van der Waals surface area contributed by atoms with Crippen molar-refractivity contribution in [1.29, 1.82) is 0 Å². The van der Waals surface area contributed by atoms with Crippen molar-refractivity contribution >= 4 is 0 Å². The zero-order valence-corrected chi connectivity index (χ0v) is 4.93. The van der Waals surface area contributed by atoms with E-state index >= 15 is 0 Å². The molecule has 8 heavy (non-hydrogen) atoms.